The highest BCUT2D eigenvalue weighted by Gasteiger charge is 2.30. The minimum atomic E-state index is -4.07. The largest absolute Gasteiger partial charge is 0.459 e. The van der Waals surface area contributed by atoms with Crippen molar-refractivity contribution in [1.82, 2.24) is 15.4 Å². The zero-order chi connectivity index (χ0) is 31.1. The molecule has 0 saturated heterocycles. The van der Waals surface area contributed by atoms with Gasteiger partial charge in [-0.25, -0.2) is 13.2 Å². The summed E-state index contributed by atoms with van der Waals surface area (Å²) in [5, 5.41) is 5.40. The summed E-state index contributed by atoms with van der Waals surface area (Å²) in [5.74, 6) is -1.30. The van der Waals surface area contributed by atoms with Crippen molar-refractivity contribution in [3.8, 4) is 10.4 Å². The molecule has 1 heterocycles. The highest BCUT2D eigenvalue weighted by atomic mass is 32.2. The van der Waals surface area contributed by atoms with Crippen molar-refractivity contribution in [3.63, 3.8) is 0 Å². The molecule has 2 aromatic carbocycles. The fourth-order valence-corrected chi connectivity index (χ4v) is 5.87. The van der Waals surface area contributed by atoms with Gasteiger partial charge >= 0.3 is 12.1 Å². The minimum absolute atomic E-state index is 0.0207. The van der Waals surface area contributed by atoms with Gasteiger partial charge in [0.05, 0.1) is 9.77 Å². The van der Waals surface area contributed by atoms with Crippen LogP contribution >= 0.6 is 11.3 Å². The van der Waals surface area contributed by atoms with E-state index >= 15 is 0 Å². The molecule has 0 fully saturated rings. The Labute approximate surface area is 250 Å². The molecule has 3 rings (SSSR count). The monoisotopic (exact) mass is 615 g/mol. The maximum atomic E-state index is 13.1. The molecule has 1 aromatic heterocycles. The van der Waals surface area contributed by atoms with Crippen molar-refractivity contribution < 1.29 is 32.3 Å². The average Bonchev–Trinajstić information content (AvgIpc) is 3.39. The number of amides is 2. The van der Waals surface area contributed by atoms with Crippen molar-refractivity contribution in [1.29, 1.82) is 0 Å². The molecule has 0 aliphatic carbocycles. The first kappa shape index (κ1) is 32.8. The molecule has 0 spiro atoms. The molecule has 3 N–H and O–H groups in total. The Morgan fingerprint density at radius 1 is 0.810 bits per heavy atom. The van der Waals surface area contributed by atoms with Crippen LogP contribution in [-0.4, -0.2) is 50.2 Å². The Balaban J connectivity index is 1.73. The molecule has 226 valence electrons. The number of benzene rings is 2. The Hall–Kier alpha value is -3.74. The highest BCUT2D eigenvalue weighted by molar-refractivity contribution is 7.89. The van der Waals surface area contributed by atoms with Crippen LogP contribution in [0, 0.1) is 0 Å². The number of rotatable bonds is 10. The van der Waals surface area contributed by atoms with Gasteiger partial charge in [0.1, 0.15) is 17.2 Å². The first-order valence-corrected chi connectivity index (χ1v) is 15.6. The number of ether oxygens (including phenoxy) is 2. The van der Waals surface area contributed by atoms with Gasteiger partial charge < -0.3 is 20.1 Å². The SMILES string of the molecule is CC(C)(C)OC(=O)NCc1ccccc1-c1ccc(C(=O)NCC(NS(=O)(=O)c2ccccc2)C(=O)OC(C)(C)C)s1. The van der Waals surface area contributed by atoms with E-state index in [0.29, 0.717) is 4.88 Å². The molecule has 2 amide bonds. The molecule has 0 radical (unpaired) electrons. The van der Waals surface area contributed by atoms with E-state index in [2.05, 4.69) is 15.4 Å². The summed E-state index contributed by atoms with van der Waals surface area (Å²) >= 11 is 1.22. The number of alkyl carbamates (subject to hydrolysis) is 1. The average molecular weight is 616 g/mol. The van der Waals surface area contributed by atoms with Crippen LogP contribution in [0.25, 0.3) is 10.4 Å². The summed E-state index contributed by atoms with van der Waals surface area (Å²) in [6, 6.07) is 17.2. The van der Waals surface area contributed by atoms with E-state index in [0.717, 1.165) is 16.0 Å². The van der Waals surface area contributed by atoms with Crippen LogP contribution in [0.15, 0.2) is 71.6 Å². The van der Waals surface area contributed by atoms with Gasteiger partial charge in [-0.3, -0.25) is 9.59 Å². The van der Waals surface area contributed by atoms with Crippen LogP contribution in [0.5, 0.6) is 0 Å². The molecule has 10 nitrogen and oxygen atoms in total. The molecule has 1 atom stereocenters. The predicted molar refractivity (Wildman–Crippen MR) is 162 cm³/mol. The molecular weight excluding hydrogens is 578 g/mol. The predicted octanol–water partition coefficient (Wildman–Crippen LogP) is 4.86. The number of nitrogens with one attached hydrogen (secondary N) is 3. The molecule has 12 heteroatoms. The first-order valence-electron chi connectivity index (χ1n) is 13.3. The number of thiophene rings is 1. The van der Waals surface area contributed by atoms with E-state index in [1.165, 1.54) is 23.5 Å². The third kappa shape index (κ3) is 9.97. The van der Waals surface area contributed by atoms with Crippen molar-refractivity contribution in [2.45, 2.75) is 70.2 Å². The number of sulfonamides is 1. The fraction of sp³-hybridized carbons (Fsp3) is 0.367. The lowest BCUT2D eigenvalue weighted by Gasteiger charge is -2.24. The maximum absolute atomic E-state index is 13.1. The highest BCUT2D eigenvalue weighted by Crippen LogP contribution is 2.31. The maximum Gasteiger partial charge on any atom is 0.407 e. The normalized spacial score (nSPS) is 12.7. The summed E-state index contributed by atoms with van der Waals surface area (Å²) in [6.45, 7) is 10.3. The quantitative estimate of drug-likeness (QED) is 0.277. The van der Waals surface area contributed by atoms with E-state index in [4.69, 9.17) is 9.47 Å². The summed E-state index contributed by atoms with van der Waals surface area (Å²) in [6.07, 6.45) is -0.536. The second-order valence-corrected chi connectivity index (χ2v) is 14.2. The van der Waals surface area contributed by atoms with Gasteiger partial charge in [0.2, 0.25) is 10.0 Å². The van der Waals surface area contributed by atoms with Gasteiger partial charge in [-0.2, -0.15) is 4.72 Å². The van der Waals surface area contributed by atoms with Crippen LogP contribution < -0.4 is 15.4 Å². The number of esters is 1. The van der Waals surface area contributed by atoms with Gasteiger partial charge in [0, 0.05) is 18.0 Å². The zero-order valence-corrected chi connectivity index (χ0v) is 26.1. The van der Waals surface area contributed by atoms with Crippen LogP contribution in [0.4, 0.5) is 4.79 Å². The van der Waals surface area contributed by atoms with E-state index in [9.17, 15) is 22.8 Å². The van der Waals surface area contributed by atoms with Crippen LogP contribution in [-0.2, 0) is 30.8 Å². The molecular formula is C30H37N3O7S2. The smallest absolute Gasteiger partial charge is 0.407 e. The first-order chi connectivity index (χ1) is 19.5. The molecule has 3 aromatic rings. The number of hydrogen-bond acceptors (Lipinski definition) is 8. The third-order valence-corrected chi connectivity index (χ3v) is 8.05. The van der Waals surface area contributed by atoms with Crippen molar-refractivity contribution >= 4 is 39.3 Å². The Kier molecular flexibility index (Phi) is 10.5. The van der Waals surface area contributed by atoms with E-state index in [1.54, 1.807) is 71.9 Å². The molecule has 0 saturated carbocycles. The van der Waals surface area contributed by atoms with Gasteiger partial charge in [-0.1, -0.05) is 42.5 Å². The van der Waals surface area contributed by atoms with Crippen molar-refractivity contribution in [2.75, 3.05) is 6.54 Å². The van der Waals surface area contributed by atoms with Gasteiger partial charge in [-0.15, -0.1) is 11.3 Å². The second kappa shape index (κ2) is 13.5. The molecule has 0 aliphatic heterocycles. The zero-order valence-electron chi connectivity index (χ0n) is 24.5. The Morgan fingerprint density at radius 2 is 1.43 bits per heavy atom. The van der Waals surface area contributed by atoms with Crippen molar-refractivity contribution in [2.24, 2.45) is 0 Å². The van der Waals surface area contributed by atoms with Crippen LogP contribution in [0.3, 0.4) is 0 Å². The fourth-order valence-electron chi connectivity index (χ4n) is 3.68. The second-order valence-electron chi connectivity index (χ2n) is 11.4. The number of hydrogen-bond donors (Lipinski definition) is 3. The molecule has 1 unspecified atom stereocenters. The topological polar surface area (TPSA) is 140 Å². The Bertz CT molecular complexity index is 1510. The molecule has 0 bridgehead atoms. The van der Waals surface area contributed by atoms with Crippen molar-refractivity contribution in [3.05, 3.63) is 77.2 Å². The Morgan fingerprint density at radius 3 is 2.07 bits per heavy atom. The van der Waals surface area contributed by atoms with Gasteiger partial charge in [-0.05, 0) is 76.9 Å². The van der Waals surface area contributed by atoms with E-state index in [1.807, 2.05) is 24.3 Å². The lowest BCUT2D eigenvalue weighted by Crippen LogP contribution is -2.50. The minimum Gasteiger partial charge on any atom is -0.459 e. The summed E-state index contributed by atoms with van der Waals surface area (Å²) < 4.78 is 38.9. The van der Waals surface area contributed by atoms with E-state index < -0.39 is 45.2 Å². The lowest BCUT2D eigenvalue weighted by atomic mass is 10.1. The third-order valence-electron chi connectivity index (χ3n) is 5.44. The lowest BCUT2D eigenvalue weighted by molar-refractivity contribution is -0.156. The number of carbonyl (C=O) groups is 3. The van der Waals surface area contributed by atoms with Crippen LogP contribution in [0.2, 0.25) is 0 Å². The summed E-state index contributed by atoms with van der Waals surface area (Å²) in [7, 11) is -4.07. The number of carbonyl (C=O) groups excluding carboxylic acids is 3. The molecule has 0 aliphatic rings. The summed E-state index contributed by atoms with van der Waals surface area (Å²) in [5.41, 5.74) is 0.173. The standard InChI is InChI=1S/C30H37N3O7S2/c1-29(2,3)39-27(35)23(33-42(37,38)21-13-8-7-9-14-21)19-31-26(34)25-17-16-24(41-25)22-15-11-10-12-20(22)18-32-28(36)40-30(4,5)6/h7-17,23,33H,18-19H2,1-6H3,(H,31,34)(H,32,36). The van der Waals surface area contributed by atoms with Crippen LogP contribution in [0.1, 0.15) is 56.8 Å². The van der Waals surface area contributed by atoms with E-state index in [-0.39, 0.29) is 18.0 Å². The molecule has 42 heavy (non-hydrogen) atoms. The summed E-state index contributed by atoms with van der Waals surface area (Å²) in [4.78, 5) is 39.2. The van der Waals surface area contributed by atoms with Gasteiger partial charge in [0.25, 0.3) is 5.91 Å². The van der Waals surface area contributed by atoms with Gasteiger partial charge in [0.15, 0.2) is 0 Å².